The molecule has 2 aliphatic carbocycles. The van der Waals surface area contributed by atoms with Crippen molar-refractivity contribution >= 4 is 92.3 Å². The number of primary amides is 1. The zero-order chi connectivity index (χ0) is 62.0. The summed E-state index contributed by atoms with van der Waals surface area (Å²) in [7, 11) is 0. The summed E-state index contributed by atoms with van der Waals surface area (Å²) in [4.78, 5) is 109. The Balaban J connectivity index is 0.000000213. The molecule has 2 saturated carbocycles. The van der Waals surface area contributed by atoms with E-state index in [-0.39, 0.29) is 113 Å². The highest BCUT2D eigenvalue weighted by Crippen LogP contribution is 2.31. The minimum Gasteiger partial charge on any atom is -0.364 e. The number of nitrogens with zero attached hydrogens (tertiary/aromatic N) is 6. The van der Waals surface area contributed by atoms with Crippen LogP contribution in [0.2, 0.25) is 10.0 Å². The van der Waals surface area contributed by atoms with Gasteiger partial charge in [-0.15, -0.1) is 0 Å². The minimum absolute atomic E-state index is 0.0230. The summed E-state index contributed by atoms with van der Waals surface area (Å²) in [5.74, 6) is -3.80. The van der Waals surface area contributed by atoms with E-state index in [2.05, 4.69) is 20.8 Å². The number of carbonyl (C=O) groups is 7. The first kappa shape index (κ1) is 64.3. The van der Waals surface area contributed by atoms with Gasteiger partial charge in [0.15, 0.2) is 17.3 Å². The summed E-state index contributed by atoms with van der Waals surface area (Å²) in [5, 5.41) is 15.0. The number of rotatable bonds is 21. The highest BCUT2D eigenvalue weighted by atomic mass is 35.5. The molecule has 0 unspecified atom stereocenters. The lowest BCUT2D eigenvalue weighted by molar-refractivity contribution is -0.191. The Morgan fingerprint density at radius 1 is 0.663 bits per heavy atom. The Bertz CT molecular complexity index is 3790. The summed E-state index contributed by atoms with van der Waals surface area (Å²) in [6.45, 7) is 2.88. The average Bonchev–Trinajstić information content (AvgIpc) is 3.31. The summed E-state index contributed by atoms with van der Waals surface area (Å²) in [6.07, 6.45) is 4.18. The lowest BCUT2D eigenvalue weighted by atomic mass is 9.98. The fraction of sp³-hybridized carbons (Fsp3) is 0.270. The van der Waals surface area contributed by atoms with Crippen LogP contribution in [0.4, 0.5) is 8.78 Å². The van der Waals surface area contributed by atoms with Crippen LogP contribution < -0.4 is 22.1 Å². The Hall–Kier alpha value is -9.27. The molecule has 2 aliphatic rings. The van der Waals surface area contributed by atoms with Crippen molar-refractivity contribution in [2.75, 3.05) is 13.1 Å². The number of benzene rings is 6. The lowest BCUT2D eigenvalue weighted by Crippen LogP contribution is -2.44. The van der Waals surface area contributed by atoms with E-state index in [4.69, 9.17) is 44.3 Å². The Morgan fingerprint density at radius 3 is 1.74 bits per heavy atom. The number of para-hydroxylation sites is 1. The van der Waals surface area contributed by atoms with Crippen LogP contribution in [0.3, 0.4) is 0 Å². The van der Waals surface area contributed by atoms with Gasteiger partial charge in [-0.3, -0.25) is 42.9 Å². The van der Waals surface area contributed by atoms with Crippen LogP contribution in [0.5, 0.6) is 0 Å². The molecule has 0 saturated heterocycles. The molecule has 23 heteroatoms. The molecule has 0 aliphatic heterocycles. The monoisotopic (exact) mass is 1210 g/mol. The van der Waals surface area contributed by atoms with E-state index in [1.54, 1.807) is 67.6 Å². The zero-order valence-corrected chi connectivity index (χ0v) is 48.5. The van der Waals surface area contributed by atoms with Gasteiger partial charge in [-0.05, 0) is 74.4 Å². The molecular weight excluding hydrogens is 1150 g/mol. The smallest absolute Gasteiger partial charge is 0.364 e. The number of halogens is 4. The molecule has 6 N–H and O–H groups in total. The summed E-state index contributed by atoms with van der Waals surface area (Å²) in [5.41, 5.74) is 15.2. The van der Waals surface area contributed by atoms with Crippen molar-refractivity contribution in [1.29, 1.82) is 0 Å². The van der Waals surface area contributed by atoms with Gasteiger partial charge < -0.3 is 31.9 Å². The number of carbonyl (C=O) groups excluding carboxylic acids is 9. The van der Waals surface area contributed by atoms with Crippen molar-refractivity contribution in [2.45, 2.75) is 96.7 Å². The Morgan fingerprint density at radius 2 is 1.17 bits per heavy atom. The van der Waals surface area contributed by atoms with E-state index in [0.29, 0.717) is 40.3 Å². The molecule has 5 amide bonds. The van der Waals surface area contributed by atoms with Gasteiger partial charge >= 0.3 is 6.15 Å². The molecule has 2 fully saturated rings. The molecule has 2 aromatic heterocycles. The first-order valence-corrected chi connectivity index (χ1v) is 28.2. The number of hydrogen-bond acceptors (Lipinski definition) is 12. The molecule has 8 aromatic rings. The van der Waals surface area contributed by atoms with E-state index in [1.165, 1.54) is 49.8 Å². The van der Waals surface area contributed by atoms with Gasteiger partial charge in [0.05, 0.1) is 40.2 Å². The largest absolute Gasteiger partial charge is 0.373 e. The van der Waals surface area contributed by atoms with Crippen molar-refractivity contribution in [3.63, 3.8) is 0 Å². The second-order valence-corrected chi connectivity index (χ2v) is 21.1. The van der Waals surface area contributed by atoms with Crippen LogP contribution in [0.1, 0.15) is 106 Å². The number of nitrogens with one attached hydrogen (secondary N) is 2. The standard InChI is InChI=1S/C32H30ClFN4O4.C23H23ClFN5O3.C7H9N.CO2/c1-20(39)32-30-24(27(40)16-13-21-7-3-2-4-8-21)10-6-12-26(30)38(36-32)19-29(42)37(23-14-15-23)18-28(41)35-17-22-9-5-11-25(33)31(22)34;1-13(15-6-4-7-17(24)21(15)25)27-19(31)11-29(14-9-10-14)20(32)12-30-18-8-3-2-5-16(18)22(28-30)23(26)33;8-6-7-4-2-1-3-5-7;2-1-3/h2-12,23H,13-19H2,1H3,(H,35,41);2-8,13-14H,9-12H2,1H3,(H2,26,33)(H,27,31);1-5H,6,8H2;/t;13-;;/m.0../s1. The van der Waals surface area contributed by atoms with E-state index < -0.39 is 35.4 Å². The van der Waals surface area contributed by atoms with E-state index in [0.717, 1.165) is 31.2 Å². The van der Waals surface area contributed by atoms with Gasteiger partial charge in [0.25, 0.3) is 5.91 Å². The fourth-order valence-electron chi connectivity index (χ4n) is 9.43. The van der Waals surface area contributed by atoms with Gasteiger partial charge in [-0.1, -0.05) is 138 Å². The first-order chi connectivity index (χ1) is 41.3. The Labute approximate surface area is 503 Å². The van der Waals surface area contributed by atoms with Crippen LogP contribution in [-0.2, 0) is 61.4 Å². The summed E-state index contributed by atoms with van der Waals surface area (Å²) < 4.78 is 31.3. The number of aromatic nitrogens is 4. The Kier molecular flexibility index (Phi) is 22.8. The molecule has 6 aromatic carbocycles. The van der Waals surface area contributed by atoms with Crippen LogP contribution in [0.15, 0.2) is 140 Å². The van der Waals surface area contributed by atoms with Crippen molar-refractivity contribution in [3.8, 4) is 0 Å². The third-order valence-electron chi connectivity index (χ3n) is 14.0. The lowest BCUT2D eigenvalue weighted by Gasteiger charge is -2.23. The number of hydrogen-bond donors (Lipinski definition) is 4. The molecule has 86 heavy (non-hydrogen) atoms. The van der Waals surface area contributed by atoms with Gasteiger partial charge in [-0.2, -0.15) is 19.8 Å². The zero-order valence-electron chi connectivity index (χ0n) is 47.0. The third-order valence-corrected chi connectivity index (χ3v) is 14.6. The highest BCUT2D eigenvalue weighted by Gasteiger charge is 2.36. The highest BCUT2D eigenvalue weighted by molar-refractivity contribution is 6.31. The van der Waals surface area contributed by atoms with Gasteiger partial charge in [0.2, 0.25) is 23.6 Å². The number of nitrogens with two attached hydrogens (primary N) is 2. The summed E-state index contributed by atoms with van der Waals surface area (Å²) in [6, 6.07) is 40.2. The molecule has 0 bridgehead atoms. The number of ketones is 2. The molecule has 1 atom stereocenters. The van der Waals surface area contributed by atoms with Gasteiger partial charge in [-0.25, -0.2) is 8.78 Å². The predicted molar refractivity (Wildman–Crippen MR) is 317 cm³/mol. The average molecular weight is 1210 g/mol. The molecule has 446 valence electrons. The second-order valence-electron chi connectivity index (χ2n) is 20.3. The van der Waals surface area contributed by atoms with Crippen LogP contribution >= 0.6 is 23.2 Å². The second kappa shape index (κ2) is 30.5. The third kappa shape index (κ3) is 17.2. The fourth-order valence-corrected chi connectivity index (χ4v) is 9.80. The van der Waals surface area contributed by atoms with E-state index in [9.17, 15) is 42.3 Å². The predicted octanol–water partition coefficient (Wildman–Crippen LogP) is 8.51. The quantitative estimate of drug-likeness (QED) is 0.0493. The van der Waals surface area contributed by atoms with Crippen molar-refractivity contribution < 1.29 is 51.9 Å². The first-order valence-electron chi connectivity index (χ1n) is 27.4. The minimum atomic E-state index is -0.682. The number of Topliss-reactive ketones (excluding diaryl/α,β-unsaturated/α-hetero) is 2. The van der Waals surface area contributed by atoms with Crippen LogP contribution in [0, 0.1) is 11.6 Å². The van der Waals surface area contributed by atoms with Crippen molar-refractivity contribution in [3.05, 3.63) is 200 Å². The topological polar surface area (TPSA) is 272 Å². The van der Waals surface area contributed by atoms with Crippen molar-refractivity contribution in [2.24, 2.45) is 11.5 Å². The van der Waals surface area contributed by atoms with Gasteiger partial charge in [0, 0.05) is 66.0 Å². The molecular formula is C63H62Cl2F2N10O9. The molecule has 0 spiro atoms. The van der Waals surface area contributed by atoms with Crippen molar-refractivity contribution in [1.82, 2.24) is 40.0 Å². The molecule has 0 radical (unpaired) electrons. The normalized spacial score (nSPS) is 12.6. The summed E-state index contributed by atoms with van der Waals surface area (Å²) >= 11 is 11.7. The maximum atomic E-state index is 14.3. The number of fused-ring (bicyclic) bond motifs is 2. The number of amides is 5. The number of aryl methyl sites for hydroxylation is 1. The van der Waals surface area contributed by atoms with E-state index >= 15 is 0 Å². The maximum absolute atomic E-state index is 14.3. The molecule has 2 heterocycles. The molecule has 19 nitrogen and oxygen atoms in total. The van der Waals surface area contributed by atoms with Crippen LogP contribution in [0.25, 0.3) is 21.8 Å². The van der Waals surface area contributed by atoms with Gasteiger partial charge in [0.1, 0.15) is 30.4 Å². The van der Waals surface area contributed by atoms with E-state index in [1.807, 2.05) is 60.7 Å². The maximum Gasteiger partial charge on any atom is 0.373 e. The molecule has 10 rings (SSSR count). The van der Waals surface area contributed by atoms with Crippen LogP contribution in [-0.4, -0.2) is 102 Å². The SMILES string of the molecule is CC(=O)c1nn(CC(=O)N(CC(=O)NCc2cccc(Cl)c2F)C2CC2)c2cccc(C(=O)CCc3ccccc3)c12.C[C@H](NC(=O)CN(C(=O)Cn1nc(C(N)=O)c2ccccc21)C1CC1)c1cccc(Cl)c1F.NCc1ccccc1.O=C=O.